The lowest BCUT2D eigenvalue weighted by Gasteiger charge is -2.23. The number of nitrogens with one attached hydrogen (secondary N) is 1. The molecule has 0 spiro atoms. The lowest BCUT2D eigenvalue weighted by Crippen LogP contribution is -2.17. The van der Waals surface area contributed by atoms with Gasteiger partial charge in [-0.3, -0.25) is 0 Å². The van der Waals surface area contributed by atoms with Gasteiger partial charge in [-0.15, -0.1) is 0 Å². The minimum Gasteiger partial charge on any atom is -0.492 e. The van der Waals surface area contributed by atoms with Crippen LogP contribution >= 0.6 is 0 Å². The van der Waals surface area contributed by atoms with Crippen LogP contribution in [0.3, 0.4) is 0 Å². The first-order chi connectivity index (χ1) is 12.7. The van der Waals surface area contributed by atoms with E-state index in [0.29, 0.717) is 6.61 Å². The number of benzene rings is 2. The predicted octanol–water partition coefficient (Wildman–Crippen LogP) is 5.09. The van der Waals surface area contributed by atoms with Crippen LogP contribution in [0.4, 0.5) is 23.0 Å². The molecule has 134 valence electrons. The number of ether oxygens (including phenoxy) is 1. The highest BCUT2D eigenvalue weighted by Gasteiger charge is 2.11. The maximum Gasteiger partial charge on any atom is 0.142 e. The van der Waals surface area contributed by atoms with Crippen LogP contribution in [0.2, 0.25) is 0 Å². The fourth-order valence-electron chi connectivity index (χ4n) is 2.82. The van der Waals surface area contributed by atoms with Crippen molar-refractivity contribution in [3.63, 3.8) is 0 Å². The summed E-state index contributed by atoms with van der Waals surface area (Å²) in [5, 5.41) is 3.34. The number of hydrogen-bond acceptors (Lipinski definition) is 5. The number of hydrogen-bond donors (Lipinski definition) is 1. The second-order valence-electron chi connectivity index (χ2n) is 5.90. The van der Waals surface area contributed by atoms with Crippen LogP contribution in [-0.2, 0) is 0 Å². The first-order valence-electron chi connectivity index (χ1n) is 8.86. The first kappa shape index (κ1) is 17.7. The van der Waals surface area contributed by atoms with E-state index >= 15 is 0 Å². The van der Waals surface area contributed by atoms with Gasteiger partial charge in [-0.1, -0.05) is 24.3 Å². The molecule has 0 unspecified atom stereocenters. The summed E-state index contributed by atoms with van der Waals surface area (Å²) in [6, 6.07) is 18.2. The standard InChI is InChI=1S/C21H24N4O/c1-4-25(17-10-8-9-16(3)13-17)21-14-20(22-15-23-21)24-18-11-6-7-12-19(18)26-5-2/h6-15H,4-5H2,1-3H3,(H,22,23,24). The Balaban J connectivity index is 1.88. The quantitative estimate of drug-likeness (QED) is 0.645. The number of rotatable bonds is 7. The number of aromatic nitrogens is 2. The zero-order valence-electron chi connectivity index (χ0n) is 15.4. The van der Waals surface area contributed by atoms with Gasteiger partial charge in [0.25, 0.3) is 0 Å². The normalized spacial score (nSPS) is 10.4. The van der Waals surface area contributed by atoms with Gasteiger partial charge in [0.1, 0.15) is 23.7 Å². The third kappa shape index (κ3) is 4.11. The van der Waals surface area contributed by atoms with Crippen LogP contribution in [0.25, 0.3) is 0 Å². The van der Waals surface area contributed by atoms with Crippen molar-refractivity contribution in [2.75, 3.05) is 23.4 Å². The van der Waals surface area contributed by atoms with Crippen LogP contribution in [-0.4, -0.2) is 23.1 Å². The highest BCUT2D eigenvalue weighted by atomic mass is 16.5. The van der Waals surface area contributed by atoms with Crippen LogP contribution < -0.4 is 15.0 Å². The highest BCUT2D eigenvalue weighted by Crippen LogP contribution is 2.29. The van der Waals surface area contributed by atoms with E-state index in [1.807, 2.05) is 37.3 Å². The maximum atomic E-state index is 5.67. The largest absolute Gasteiger partial charge is 0.492 e. The molecular formula is C21H24N4O. The SMILES string of the molecule is CCOc1ccccc1Nc1cc(N(CC)c2cccc(C)c2)ncn1. The summed E-state index contributed by atoms with van der Waals surface area (Å²) in [5.74, 6) is 2.39. The van der Waals surface area contributed by atoms with Crippen molar-refractivity contribution in [3.05, 3.63) is 66.5 Å². The molecule has 1 N–H and O–H groups in total. The molecule has 5 heteroatoms. The summed E-state index contributed by atoms with van der Waals surface area (Å²) in [6.45, 7) is 7.61. The Hall–Kier alpha value is -3.08. The minimum absolute atomic E-state index is 0.616. The topological polar surface area (TPSA) is 50.3 Å². The van der Waals surface area contributed by atoms with Crippen molar-refractivity contribution in [3.8, 4) is 5.75 Å². The molecule has 1 heterocycles. The van der Waals surface area contributed by atoms with Gasteiger partial charge in [0.15, 0.2) is 0 Å². The predicted molar refractivity (Wildman–Crippen MR) is 107 cm³/mol. The van der Waals surface area contributed by atoms with E-state index in [-0.39, 0.29) is 0 Å². The number of aryl methyl sites for hydroxylation is 1. The minimum atomic E-state index is 0.616. The molecule has 0 fully saturated rings. The first-order valence-corrected chi connectivity index (χ1v) is 8.86. The lowest BCUT2D eigenvalue weighted by atomic mass is 10.2. The molecule has 3 rings (SSSR count). The van der Waals surface area contributed by atoms with Gasteiger partial charge in [-0.2, -0.15) is 0 Å². The van der Waals surface area contributed by atoms with Crippen molar-refractivity contribution in [2.45, 2.75) is 20.8 Å². The smallest absolute Gasteiger partial charge is 0.142 e. The van der Waals surface area contributed by atoms with Crippen LogP contribution in [0.5, 0.6) is 5.75 Å². The molecule has 0 aliphatic rings. The Morgan fingerprint density at radius 2 is 1.85 bits per heavy atom. The Bertz CT molecular complexity index is 866. The van der Waals surface area contributed by atoms with Crippen molar-refractivity contribution in [1.29, 1.82) is 0 Å². The van der Waals surface area contributed by atoms with E-state index in [1.165, 1.54) is 5.56 Å². The van der Waals surface area contributed by atoms with Gasteiger partial charge < -0.3 is 15.0 Å². The number of anilines is 4. The maximum absolute atomic E-state index is 5.67. The fourth-order valence-corrected chi connectivity index (χ4v) is 2.82. The zero-order valence-corrected chi connectivity index (χ0v) is 15.4. The van der Waals surface area contributed by atoms with E-state index in [2.05, 4.69) is 58.3 Å². The molecule has 1 aromatic heterocycles. The summed E-state index contributed by atoms with van der Waals surface area (Å²) < 4.78 is 5.67. The molecule has 3 aromatic rings. The molecule has 0 atom stereocenters. The molecule has 0 aliphatic heterocycles. The molecule has 26 heavy (non-hydrogen) atoms. The Labute approximate surface area is 154 Å². The Morgan fingerprint density at radius 3 is 2.62 bits per heavy atom. The summed E-state index contributed by atoms with van der Waals surface area (Å²) >= 11 is 0. The molecule has 5 nitrogen and oxygen atoms in total. The zero-order chi connectivity index (χ0) is 18.4. The van der Waals surface area contributed by atoms with E-state index in [9.17, 15) is 0 Å². The molecule has 0 amide bonds. The monoisotopic (exact) mass is 348 g/mol. The number of nitrogens with zero attached hydrogens (tertiary/aromatic N) is 3. The van der Waals surface area contributed by atoms with Crippen molar-refractivity contribution in [2.24, 2.45) is 0 Å². The summed E-state index contributed by atoms with van der Waals surface area (Å²) in [6.07, 6.45) is 1.58. The van der Waals surface area contributed by atoms with E-state index < -0.39 is 0 Å². The second-order valence-corrected chi connectivity index (χ2v) is 5.90. The van der Waals surface area contributed by atoms with Gasteiger partial charge in [0.05, 0.1) is 12.3 Å². The molecule has 0 bridgehead atoms. The molecule has 0 radical (unpaired) electrons. The molecule has 0 saturated heterocycles. The second kappa shape index (κ2) is 8.34. The average Bonchev–Trinajstić information content (AvgIpc) is 2.65. The molecule has 0 aliphatic carbocycles. The van der Waals surface area contributed by atoms with Gasteiger partial charge in [-0.05, 0) is 50.6 Å². The van der Waals surface area contributed by atoms with Crippen LogP contribution in [0.1, 0.15) is 19.4 Å². The number of para-hydroxylation sites is 2. The third-order valence-electron chi connectivity index (χ3n) is 4.01. The van der Waals surface area contributed by atoms with Crippen LogP contribution in [0, 0.1) is 6.92 Å². The summed E-state index contributed by atoms with van der Waals surface area (Å²) in [4.78, 5) is 11.0. The molecule has 0 saturated carbocycles. The van der Waals surface area contributed by atoms with Gasteiger partial charge in [0, 0.05) is 18.3 Å². The molecular weight excluding hydrogens is 324 g/mol. The Kier molecular flexibility index (Phi) is 5.69. The van der Waals surface area contributed by atoms with Crippen molar-refractivity contribution < 1.29 is 4.74 Å². The fraction of sp³-hybridized carbons (Fsp3) is 0.238. The van der Waals surface area contributed by atoms with Gasteiger partial charge in [0.2, 0.25) is 0 Å². The summed E-state index contributed by atoms with van der Waals surface area (Å²) in [5.41, 5.74) is 3.23. The lowest BCUT2D eigenvalue weighted by molar-refractivity contribution is 0.342. The average molecular weight is 348 g/mol. The van der Waals surface area contributed by atoms with E-state index in [4.69, 9.17) is 4.74 Å². The van der Waals surface area contributed by atoms with Gasteiger partial charge in [-0.25, -0.2) is 9.97 Å². The van der Waals surface area contributed by atoms with Crippen molar-refractivity contribution in [1.82, 2.24) is 9.97 Å². The van der Waals surface area contributed by atoms with Crippen molar-refractivity contribution >= 4 is 23.0 Å². The van der Waals surface area contributed by atoms with E-state index in [0.717, 1.165) is 35.3 Å². The summed E-state index contributed by atoms with van der Waals surface area (Å²) in [7, 11) is 0. The molecule has 2 aromatic carbocycles. The van der Waals surface area contributed by atoms with E-state index in [1.54, 1.807) is 6.33 Å². The van der Waals surface area contributed by atoms with Gasteiger partial charge >= 0.3 is 0 Å². The Morgan fingerprint density at radius 1 is 1.00 bits per heavy atom. The highest BCUT2D eigenvalue weighted by molar-refractivity contribution is 5.68. The van der Waals surface area contributed by atoms with Crippen LogP contribution in [0.15, 0.2) is 60.9 Å². The third-order valence-corrected chi connectivity index (χ3v) is 4.01.